The van der Waals surface area contributed by atoms with Gasteiger partial charge in [-0.15, -0.1) is 11.8 Å². The lowest BCUT2D eigenvalue weighted by molar-refractivity contribution is -0.118. The zero-order valence-electron chi connectivity index (χ0n) is 13.5. The summed E-state index contributed by atoms with van der Waals surface area (Å²) in [5, 5.41) is 7.05. The fraction of sp³-hybridized carbons (Fsp3) is 0.100. The quantitative estimate of drug-likeness (QED) is 0.497. The van der Waals surface area contributed by atoms with Crippen molar-refractivity contribution in [1.82, 2.24) is 5.43 Å². The number of thioether (sulfide) groups is 1. The van der Waals surface area contributed by atoms with E-state index in [-0.39, 0.29) is 5.91 Å². The third-order valence-corrected chi connectivity index (χ3v) is 4.89. The van der Waals surface area contributed by atoms with Crippen LogP contribution in [0.1, 0.15) is 11.1 Å². The van der Waals surface area contributed by atoms with Crippen molar-refractivity contribution in [3.8, 4) is 0 Å². The number of halogens is 1. The van der Waals surface area contributed by atoms with Gasteiger partial charge in [-0.1, -0.05) is 66.2 Å². The Hall–Kier alpha value is -2.30. The van der Waals surface area contributed by atoms with Crippen LogP contribution in [-0.2, 0) is 10.5 Å². The first-order valence-corrected chi connectivity index (χ1v) is 9.37. The van der Waals surface area contributed by atoms with Crippen molar-refractivity contribution in [3.05, 3.63) is 82.9 Å². The summed E-state index contributed by atoms with van der Waals surface area (Å²) in [6, 6.07) is 21.7. The highest BCUT2D eigenvalue weighted by atomic mass is 35.5. The second-order valence-electron chi connectivity index (χ2n) is 5.48. The van der Waals surface area contributed by atoms with Gasteiger partial charge in [-0.05, 0) is 28.5 Å². The normalized spacial score (nSPS) is 11.1. The Morgan fingerprint density at radius 2 is 1.80 bits per heavy atom. The van der Waals surface area contributed by atoms with E-state index in [0.29, 0.717) is 10.8 Å². The van der Waals surface area contributed by atoms with Gasteiger partial charge in [0, 0.05) is 16.3 Å². The van der Waals surface area contributed by atoms with E-state index < -0.39 is 0 Å². The Morgan fingerprint density at radius 1 is 1.04 bits per heavy atom. The van der Waals surface area contributed by atoms with Gasteiger partial charge in [0.1, 0.15) is 0 Å². The molecule has 0 bridgehead atoms. The topological polar surface area (TPSA) is 41.5 Å². The summed E-state index contributed by atoms with van der Waals surface area (Å²) in [5.74, 6) is 1.00. The minimum atomic E-state index is -0.115. The molecule has 0 heterocycles. The van der Waals surface area contributed by atoms with Gasteiger partial charge in [0.25, 0.3) is 0 Å². The maximum absolute atomic E-state index is 11.9. The number of carbonyl (C=O) groups is 1. The van der Waals surface area contributed by atoms with E-state index >= 15 is 0 Å². The van der Waals surface area contributed by atoms with Crippen LogP contribution in [0, 0.1) is 0 Å². The van der Waals surface area contributed by atoms with Gasteiger partial charge >= 0.3 is 0 Å². The molecule has 25 heavy (non-hydrogen) atoms. The predicted octanol–water partition coefficient (Wildman–Crippen LogP) is 4.88. The first-order chi connectivity index (χ1) is 12.2. The van der Waals surface area contributed by atoms with Crippen LogP contribution in [0.5, 0.6) is 0 Å². The van der Waals surface area contributed by atoms with Gasteiger partial charge in [0.05, 0.1) is 12.0 Å². The Bertz CT molecular complexity index is 888. The van der Waals surface area contributed by atoms with Crippen LogP contribution < -0.4 is 5.43 Å². The largest absolute Gasteiger partial charge is 0.272 e. The van der Waals surface area contributed by atoms with Crippen molar-refractivity contribution >= 4 is 46.3 Å². The monoisotopic (exact) mass is 368 g/mol. The van der Waals surface area contributed by atoms with Gasteiger partial charge in [-0.3, -0.25) is 4.79 Å². The molecule has 0 aliphatic rings. The van der Waals surface area contributed by atoms with Crippen LogP contribution in [-0.4, -0.2) is 17.9 Å². The third-order valence-electron chi connectivity index (χ3n) is 3.63. The summed E-state index contributed by atoms with van der Waals surface area (Å²) in [6.07, 6.45) is 1.68. The van der Waals surface area contributed by atoms with Crippen molar-refractivity contribution in [2.45, 2.75) is 5.75 Å². The van der Waals surface area contributed by atoms with Crippen LogP contribution in [0.2, 0.25) is 5.02 Å². The molecule has 3 aromatic carbocycles. The highest BCUT2D eigenvalue weighted by Gasteiger charge is 2.01. The van der Waals surface area contributed by atoms with Crippen LogP contribution in [0.4, 0.5) is 0 Å². The molecule has 0 radical (unpaired) electrons. The highest BCUT2D eigenvalue weighted by molar-refractivity contribution is 7.99. The lowest BCUT2D eigenvalue weighted by atomic mass is 10.1. The zero-order chi connectivity index (χ0) is 17.5. The number of hydrogen-bond acceptors (Lipinski definition) is 3. The van der Waals surface area contributed by atoms with Gasteiger partial charge < -0.3 is 0 Å². The second kappa shape index (κ2) is 8.70. The van der Waals surface area contributed by atoms with Crippen LogP contribution >= 0.6 is 23.4 Å². The molecule has 0 aromatic heterocycles. The van der Waals surface area contributed by atoms with Crippen molar-refractivity contribution < 1.29 is 4.79 Å². The van der Waals surface area contributed by atoms with Gasteiger partial charge in [-0.25, -0.2) is 5.43 Å². The maximum atomic E-state index is 11.9. The molecule has 3 aromatic rings. The standard InChI is InChI=1S/C20H17ClN2OS/c21-18-10-8-15(9-11-18)13-25-14-20(24)23-22-12-17-6-3-5-16-4-1-2-7-19(16)17/h1-12H,13-14H2,(H,23,24)/b22-12-. The molecule has 0 fully saturated rings. The van der Waals surface area contributed by atoms with Crippen molar-refractivity contribution in [3.63, 3.8) is 0 Å². The third kappa shape index (κ3) is 5.08. The van der Waals surface area contributed by atoms with Crippen LogP contribution in [0.25, 0.3) is 10.8 Å². The summed E-state index contributed by atoms with van der Waals surface area (Å²) in [7, 11) is 0. The number of hydrazone groups is 1. The lowest BCUT2D eigenvalue weighted by Crippen LogP contribution is -2.19. The summed E-state index contributed by atoms with van der Waals surface area (Å²) in [5.41, 5.74) is 4.70. The van der Waals surface area contributed by atoms with E-state index in [1.165, 1.54) is 0 Å². The minimum Gasteiger partial charge on any atom is -0.272 e. The SMILES string of the molecule is O=C(CSCc1ccc(Cl)cc1)N/N=C\c1cccc2ccccc12. The van der Waals surface area contributed by atoms with E-state index in [1.807, 2.05) is 54.6 Å². The van der Waals surface area contributed by atoms with E-state index in [1.54, 1.807) is 18.0 Å². The molecule has 0 atom stereocenters. The fourth-order valence-electron chi connectivity index (χ4n) is 2.41. The number of rotatable bonds is 6. The number of nitrogens with zero attached hydrogens (tertiary/aromatic N) is 1. The summed E-state index contributed by atoms with van der Waals surface area (Å²) >= 11 is 7.39. The lowest BCUT2D eigenvalue weighted by Gasteiger charge is -2.03. The highest BCUT2D eigenvalue weighted by Crippen LogP contribution is 2.17. The van der Waals surface area contributed by atoms with E-state index in [0.717, 1.165) is 27.7 Å². The van der Waals surface area contributed by atoms with Crippen molar-refractivity contribution in [2.75, 3.05) is 5.75 Å². The summed E-state index contributed by atoms with van der Waals surface area (Å²) in [4.78, 5) is 11.9. The molecule has 0 spiro atoms. The molecule has 5 heteroatoms. The minimum absolute atomic E-state index is 0.115. The van der Waals surface area contributed by atoms with Crippen LogP contribution in [0.3, 0.4) is 0 Å². The molecule has 0 unspecified atom stereocenters. The van der Waals surface area contributed by atoms with Gasteiger partial charge in [0.2, 0.25) is 5.91 Å². The van der Waals surface area contributed by atoms with Crippen molar-refractivity contribution in [1.29, 1.82) is 0 Å². The average molecular weight is 369 g/mol. The summed E-state index contributed by atoms with van der Waals surface area (Å²) < 4.78 is 0. The maximum Gasteiger partial charge on any atom is 0.250 e. The van der Waals surface area contributed by atoms with Crippen molar-refractivity contribution in [2.24, 2.45) is 5.10 Å². The molecule has 1 amide bonds. The number of carbonyl (C=O) groups excluding carboxylic acids is 1. The molecule has 3 nitrogen and oxygen atoms in total. The Labute approximate surface area is 156 Å². The number of hydrogen-bond donors (Lipinski definition) is 1. The molecule has 0 saturated carbocycles. The fourth-order valence-corrected chi connectivity index (χ4v) is 3.32. The molecular formula is C20H17ClN2OS. The molecular weight excluding hydrogens is 352 g/mol. The number of amides is 1. The van der Waals surface area contributed by atoms with Gasteiger partial charge in [0.15, 0.2) is 0 Å². The smallest absolute Gasteiger partial charge is 0.250 e. The Morgan fingerprint density at radius 3 is 2.64 bits per heavy atom. The number of benzene rings is 3. The zero-order valence-corrected chi connectivity index (χ0v) is 15.1. The Kier molecular flexibility index (Phi) is 6.09. The van der Waals surface area contributed by atoms with Crippen LogP contribution in [0.15, 0.2) is 71.8 Å². The molecule has 0 aliphatic heterocycles. The molecule has 0 aliphatic carbocycles. The number of nitrogens with one attached hydrogen (secondary N) is 1. The number of fused-ring (bicyclic) bond motifs is 1. The van der Waals surface area contributed by atoms with Gasteiger partial charge in [-0.2, -0.15) is 5.10 Å². The Balaban J connectivity index is 1.50. The average Bonchev–Trinajstić information content (AvgIpc) is 2.64. The van der Waals surface area contributed by atoms with E-state index in [2.05, 4.69) is 22.7 Å². The second-order valence-corrected chi connectivity index (χ2v) is 6.90. The first-order valence-electron chi connectivity index (χ1n) is 7.84. The molecule has 1 N–H and O–H groups in total. The molecule has 126 valence electrons. The van der Waals surface area contributed by atoms with E-state index in [4.69, 9.17) is 11.6 Å². The first kappa shape index (κ1) is 17.5. The molecule has 0 saturated heterocycles. The van der Waals surface area contributed by atoms with E-state index in [9.17, 15) is 4.79 Å². The molecule has 3 rings (SSSR count). The summed E-state index contributed by atoms with van der Waals surface area (Å²) in [6.45, 7) is 0. The predicted molar refractivity (Wildman–Crippen MR) is 107 cm³/mol.